The van der Waals surface area contributed by atoms with E-state index in [-0.39, 0.29) is 23.5 Å². The highest BCUT2D eigenvalue weighted by atomic mass is 32.2. The summed E-state index contributed by atoms with van der Waals surface area (Å²) < 4.78 is 25.3. The van der Waals surface area contributed by atoms with Crippen LogP contribution in [0.25, 0.3) is 0 Å². The van der Waals surface area contributed by atoms with E-state index in [1.165, 1.54) is 36.1 Å². The molecule has 0 unspecified atom stereocenters. The maximum atomic E-state index is 12.8. The molecule has 0 radical (unpaired) electrons. The number of amides is 1. The Kier molecular flexibility index (Phi) is 5.11. The van der Waals surface area contributed by atoms with Gasteiger partial charge in [0.2, 0.25) is 0 Å². The number of aromatic nitrogens is 2. The number of nitrogens with zero attached hydrogens (tertiary/aromatic N) is 2. The van der Waals surface area contributed by atoms with Crippen molar-refractivity contribution in [1.29, 1.82) is 0 Å². The number of carbonyl (C=O) groups excluding carboxylic acids is 1. The lowest BCUT2D eigenvalue weighted by Crippen LogP contribution is -2.19. The number of fused-ring (bicyclic) bond motifs is 1. The molecule has 1 amide bonds. The van der Waals surface area contributed by atoms with Gasteiger partial charge in [-0.1, -0.05) is 12.8 Å². The third-order valence-corrected chi connectivity index (χ3v) is 8.36. The minimum absolute atomic E-state index is 0.0876. The van der Waals surface area contributed by atoms with Crippen molar-refractivity contribution in [1.82, 2.24) is 9.78 Å². The van der Waals surface area contributed by atoms with Gasteiger partial charge in [0.1, 0.15) is 5.82 Å². The van der Waals surface area contributed by atoms with Gasteiger partial charge in [-0.15, -0.1) is 11.3 Å². The Labute approximate surface area is 163 Å². The molecule has 0 aromatic carbocycles. The fourth-order valence-electron chi connectivity index (χ4n) is 3.99. The smallest absolute Gasteiger partial charge is 0.266 e. The second-order valence-electron chi connectivity index (χ2n) is 7.60. The summed E-state index contributed by atoms with van der Waals surface area (Å²) in [5.41, 5.74) is 2.09. The number of thiophene rings is 1. The SMILES string of the molecule is Cc1cc(NC(=O)c2cc3c(s2)CCCCCC3)n([C@@H]2CCS(=O)(=O)C2)n1. The molecule has 1 aliphatic heterocycles. The zero-order valence-corrected chi connectivity index (χ0v) is 17.2. The van der Waals surface area contributed by atoms with Crippen LogP contribution in [0.4, 0.5) is 5.82 Å². The Balaban J connectivity index is 1.54. The maximum absolute atomic E-state index is 12.8. The highest BCUT2D eigenvalue weighted by Crippen LogP contribution is 2.30. The van der Waals surface area contributed by atoms with Crippen molar-refractivity contribution in [3.63, 3.8) is 0 Å². The van der Waals surface area contributed by atoms with Gasteiger partial charge in [-0.3, -0.25) is 4.79 Å². The standard InChI is InChI=1S/C19H25N3O3S2/c1-13-10-18(22(21-13)15-8-9-27(24,25)12-15)20-19(23)17-11-14-6-4-2-3-5-7-16(14)26-17/h10-11,15H,2-9,12H2,1H3,(H,20,23)/t15-/m1/s1. The Hall–Kier alpha value is -1.67. The van der Waals surface area contributed by atoms with E-state index in [1.54, 1.807) is 16.0 Å². The molecule has 3 heterocycles. The molecule has 6 nitrogen and oxygen atoms in total. The van der Waals surface area contributed by atoms with Crippen LogP contribution in [0.3, 0.4) is 0 Å². The molecule has 1 aliphatic carbocycles. The van der Waals surface area contributed by atoms with Gasteiger partial charge in [0.05, 0.1) is 28.1 Å². The predicted octanol–water partition coefficient (Wildman–Crippen LogP) is 3.52. The van der Waals surface area contributed by atoms with Crippen LogP contribution in [0.2, 0.25) is 0 Å². The van der Waals surface area contributed by atoms with Crippen LogP contribution in [0.5, 0.6) is 0 Å². The Morgan fingerprint density at radius 2 is 2.00 bits per heavy atom. The summed E-state index contributed by atoms with van der Waals surface area (Å²) in [6.45, 7) is 1.85. The van der Waals surface area contributed by atoms with Gasteiger partial charge in [0.25, 0.3) is 5.91 Å². The average Bonchev–Trinajstić information content (AvgIpc) is 3.25. The molecule has 2 aliphatic rings. The minimum Gasteiger partial charge on any atom is -0.306 e. The number of anilines is 1. The molecule has 0 spiro atoms. The van der Waals surface area contributed by atoms with Crippen LogP contribution >= 0.6 is 11.3 Å². The predicted molar refractivity (Wildman–Crippen MR) is 107 cm³/mol. The summed E-state index contributed by atoms with van der Waals surface area (Å²) in [5, 5.41) is 7.41. The van der Waals surface area contributed by atoms with Gasteiger partial charge in [-0.2, -0.15) is 5.10 Å². The second kappa shape index (κ2) is 7.39. The van der Waals surface area contributed by atoms with E-state index in [0.717, 1.165) is 23.4 Å². The van der Waals surface area contributed by atoms with Crippen LogP contribution in [-0.4, -0.2) is 35.6 Å². The van der Waals surface area contributed by atoms with Crippen LogP contribution in [0, 0.1) is 6.92 Å². The zero-order chi connectivity index (χ0) is 19.0. The van der Waals surface area contributed by atoms with Crippen LogP contribution in [0.1, 0.15) is 64.0 Å². The lowest BCUT2D eigenvalue weighted by atomic mass is 10.00. The summed E-state index contributed by atoms with van der Waals surface area (Å²) in [6, 6.07) is 3.64. The van der Waals surface area contributed by atoms with E-state index in [1.807, 2.05) is 19.1 Å². The van der Waals surface area contributed by atoms with E-state index in [0.29, 0.717) is 12.2 Å². The third-order valence-electron chi connectivity index (χ3n) is 5.37. The number of hydrogen-bond donors (Lipinski definition) is 1. The lowest BCUT2D eigenvalue weighted by molar-refractivity contribution is 0.102. The summed E-state index contributed by atoms with van der Waals surface area (Å²) >= 11 is 1.59. The van der Waals surface area contributed by atoms with Crippen LogP contribution < -0.4 is 5.32 Å². The molecule has 27 heavy (non-hydrogen) atoms. The van der Waals surface area contributed by atoms with Crippen molar-refractivity contribution in [3.8, 4) is 0 Å². The minimum atomic E-state index is -3.01. The largest absolute Gasteiger partial charge is 0.306 e. The number of carbonyl (C=O) groups is 1. The molecule has 1 saturated heterocycles. The van der Waals surface area contributed by atoms with Gasteiger partial charge in [0.15, 0.2) is 9.84 Å². The fourth-order valence-corrected chi connectivity index (χ4v) is 6.83. The normalized spacial score (nSPS) is 22.0. The van der Waals surface area contributed by atoms with Crippen LogP contribution in [0.15, 0.2) is 12.1 Å². The average molecular weight is 408 g/mol. The Morgan fingerprint density at radius 1 is 1.22 bits per heavy atom. The molecule has 1 fully saturated rings. The van der Waals surface area contributed by atoms with Gasteiger partial charge in [-0.05, 0) is 50.7 Å². The summed E-state index contributed by atoms with van der Waals surface area (Å²) in [7, 11) is -3.01. The summed E-state index contributed by atoms with van der Waals surface area (Å²) in [6.07, 6.45) is 7.56. The Bertz CT molecular complexity index is 934. The fraction of sp³-hybridized carbons (Fsp3) is 0.579. The van der Waals surface area contributed by atoms with Crippen molar-refractivity contribution in [3.05, 3.63) is 33.1 Å². The van der Waals surface area contributed by atoms with Gasteiger partial charge in [-0.25, -0.2) is 13.1 Å². The molecular weight excluding hydrogens is 382 g/mol. The molecule has 1 N–H and O–H groups in total. The van der Waals surface area contributed by atoms with E-state index in [4.69, 9.17) is 0 Å². The Morgan fingerprint density at radius 3 is 2.74 bits per heavy atom. The van der Waals surface area contributed by atoms with Crippen molar-refractivity contribution in [2.45, 2.75) is 57.9 Å². The van der Waals surface area contributed by atoms with Crippen molar-refractivity contribution >= 4 is 32.9 Å². The molecular formula is C19H25N3O3S2. The molecule has 1 atom stereocenters. The van der Waals surface area contributed by atoms with Crippen molar-refractivity contribution < 1.29 is 13.2 Å². The lowest BCUT2D eigenvalue weighted by Gasteiger charge is -2.13. The first kappa shape index (κ1) is 18.7. The number of hydrogen-bond acceptors (Lipinski definition) is 5. The summed E-state index contributed by atoms with van der Waals surface area (Å²) in [5.74, 6) is 0.723. The first-order valence-corrected chi connectivity index (χ1v) is 12.2. The molecule has 2 aromatic heterocycles. The zero-order valence-electron chi connectivity index (χ0n) is 15.5. The van der Waals surface area contributed by atoms with Gasteiger partial charge < -0.3 is 5.32 Å². The third kappa shape index (κ3) is 4.11. The molecule has 0 saturated carbocycles. The van der Waals surface area contributed by atoms with E-state index < -0.39 is 9.84 Å². The molecule has 146 valence electrons. The maximum Gasteiger partial charge on any atom is 0.266 e. The van der Waals surface area contributed by atoms with E-state index >= 15 is 0 Å². The highest BCUT2D eigenvalue weighted by Gasteiger charge is 2.31. The van der Waals surface area contributed by atoms with Gasteiger partial charge in [0, 0.05) is 10.9 Å². The van der Waals surface area contributed by atoms with Crippen molar-refractivity contribution in [2.75, 3.05) is 16.8 Å². The number of nitrogens with one attached hydrogen (secondary N) is 1. The molecule has 4 rings (SSSR count). The number of rotatable bonds is 3. The number of sulfone groups is 1. The first-order valence-electron chi connectivity index (χ1n) is 9.61. The van der Waals surface area contributed by atoms with E-state index in [9.17, 15) is 13.2 Å². The second-order valence-corrected chi connectivity index (χ2v) is 11.0. The molecule has 8 heteroatoms. The van der Waals surface area contributed by atoms with E-state index in [2.05, 4.69) is 10.4 Å². The van der Waals surface area contributed by atoms with Crippen LogP contribution in [-0.2, 0) is 22.7 Å². The first-order chi connectivity index (χ1) is 12.9. The van der Waals surface area contributed by atoms with Gasteiger partial charge >= 0.3 is 0 Å². The monoisotopic (exact) mass is 407 g/mol. The topological polar surface area (TPSA) is 81.1 Å². The molecule has 0 bridgehead atoms. The van der Waals surface area contributed by atoms with Crippen molar-refractivity contribution in [2.24, 2.45) is 0 Å². The summed E-state index contributed by atoms with van der Waals surface area (Å²) in [4.78, 5) is 14.9. The molecule has 2 aromatic rings. The number of aryl methyl sites for hydroxylation is 3. The highest BCUT2D eigenvalue weighted by molar-refractivity contribution is 7.91. The quantitative estimate of drug-likeness (QED) is 0.844.